The highest BCUT2D eigenvalue weighted by Crippen LogP contribution is 2.45. The van der Waals surface area contributed by atoms with Crippen molar-refractivity contribution >= 4 is 50.4 Å². The van der Waals surface area contributed by atoms with Gasteiger partial charge >= 0.3 is 0 Å². The molecule has 0 radical (unpaired) electrons. The lowest BCUT2D eigenvalue weighted by atomic mass is 9.93. The van der Waals surface area contributed by atoms with E-state index in [0.29, 0.717) is 17.6 Å². The van der Waals surface area contributed by atoms with Gasteiger partial charge in [-0.3, -0.25) is 4.98 Å². The van der Waals surface area contributed by atoms with Gasteiger partial charge in [-0.1, -0.05) is 35.4 Å². The second kappa shape index (κ2) is 7.32. The molecular formula is C19H17Cl2N3S. The standard InChI is InChI=1S/C19H17Cl2N3S/c20-15-10-14(23-11-12-6-8-22-9-7-12)19-17(24-15)16(21)18(25-19)13-4-2-1-3-5-13/h1-2,6-10,13H,3-5,11H2,(H,23,24). The van der Waals surface area contributed by atoms with Crippen LogP contribution in [0, 0.1) is 0 Å². The molecule has 1 aliphatic carbocycles. The van der Waals surface area contributed by atoms with Crippen molar-refractivity contribution in [3.05, 3.63) is 63.4 Å². The van der Waals surface area contributed by atoms with Crippen molar-refractivity contribution in [2.45, 2.75) is 31.7 Å². The summed E-state index contributed by atoms with van der Waals surface area (Å²) < 4.78 is 1.08. The van der Waals surface area contributed by atoms with Gasteiger partial charge in [0.15, 0.2) is 0 Å². The Balaban J connectivity index is 1.70. The zero-order valence-electron chi connectivity index (χ0n) is 13.5. The van der Waals surface area contributed by atoms with Crippen molar-refractivity contribution in [1.29, 1.82) is 0 Å². The van der Waals surface area contributed by atoms with E-state index in [4.69, 9.17) is 23.2 Å². The number of halogens is 2. The van der Waals surface area contributed by atoms with Gasteiger partial charge in [0.1, 0.15) is 10.7 Å². The molecule has 128 valence electrons. The number of hydrogen-bond acceptors (Lipinski definition) is 4. The van der Waals surface area contributed by atoms with Crippen LogP contribution in [-0.2, 0) is 6.54 Å². The van der Waals surface area contributed by atoms with Gasteiger partial charge in [-0.2, -0.15) is 0 Å². The number of hydrogen-bond donors (Lipinski definition) is 1. The maximum Gasteiger partial charge on any atom is 0.131 e. The van der Waals surface area contributed by atoms with Gasteiger partial charge in [0.05, 0.1) is 15.4 Å². The summed E-state index contributed by atoms with van der Waals surface area (Å²) in [6.07, 6.45) is 11.4. The van der Waals surface area contributed by atoms with Crippen LogP contribution < -0.4 is 5.32 Å². The minimum Gasteiger partial charge on any atom is -0.380 e. The first-order valence-electron chi connectivity index (χ1n) is 8.28. The smallest absolute Gasteiger partial charge is 0.131 e. The lowest BCUT2D eigenvalue weighted by Crippen LogP contribution is -2.00. The Hall–Kier alpha value is -1.62. The third kappa shape index (κ3) is 3.52. The lowest BCUT2D eigenvalue weighted by molar-refractivity contribution is 0.627. The number of thiophene rings is 1. The molecule has 1 unspecified atom stereocenters. The first kappa shape index (κ1) is 16.8. The number of nitrogens with zero attached hydrogens (tertiary/aromatic N) is 2. The minimum atomic E-state index is 0.458. The first-order chi connectivity index (χ1) is 12.2. The highest BCUT2D eigenvalue weighted by Gasteiger charge is 2.22. The summed E-state index contributed by atoms with van der Waals surface area (Å²) in [4.78, 5) is 9.76. The topological polar surface area (TPSA) is 37.8 Å². The zero-order chi connectivity index (χ0) is 17.2. The van der Waals surface area contributed by atoms with Crippen molar-refractivity contribution in [2.24, 2.45) is 0 Å². The Morgan fingerprint density at radius 3 is 2.80 bits per heavy atom. The van der Waals surface area contributed by atoms with Gasteiger partial charge < -0.3 is 5.32 Å². The molecule has 3 nitrogen and oxygen atoms in total. The highest BCUT2D eigenvalue weighted by molar-refractivity contribution is 7.20. The second-order valence-corrected chi connectivity index (χ2v) is 7.96. The van der Waals surface area contributed by atoms with Crippen molar-refractivity contribution in [2.75, 3.05) is 5.32 Å². The van der Waals surface area contributed by atoms with E-state index in [1.54, 1.807) is 23.7 Å². The molecule has 0 saturated carbocycles. The number of anilines is 1. The Morgan fingerprint density at radius 1 is 1.20 bits per heavy atom. The average Bonchev–Trinajstić information content (AvgIpc) is 2.98. The number of allylic oxidation sites excluding steroid dienone is 2. The molecule has 3 aromatic rings. The van der Waals surface area contributed by atoms with E-state index in [0.717, 1.165) is 45.8 Å². The molecule has 0 fully saturated rings. The molecule has 0 spiro atoms. The molecule has 3 aromatic heterocycles. The Bertz CT molecular complexity index is 921. The summed E-state index contributed by atoms with van der Waals surface area (Å²) in [5.74, 6) is 0.475. The molecule has 4 rings (SSSR count). The van der Waals surface area contributed by atoms with E-state index in [1.165, 1.54) is 4.88 Å². The van der Waals surface area contributed by atoms with Crippen LogP contribution in [0.15, 0.2) is 42.7 Å². The number of fused-ring (bicyclic) bond motifs is 1. The lowest BCUT2D eigenvalue weighted by Gasteiger charge is -2.16. The largest absolute Gasteiger partial charge is 0.380 e. The van der Waals surface area contributed by atoms with Crippen LogP contribution in [0.25, 0.3) is 10.2 Å². The number of nitrogens with one attached hydrogen (secondary N) is 1. The van der Waals surface area contributed by atoms with E-state index >= 15 is 0 Å². The van der Waals surface area contributed by atoms with Crippen LogP contribution in [-0.4, -0.2) is 9.97 Å². The summed E-state index contributed by atoms with van der Waals surface area (Å²) in [5.41, 5.74) is 2.95. The van der Waals surface area contributed by atoms with Crippen molar-refractivity contribution in [1.82, 2.24) is 9.97 Å². The van der Waals surface area contributed by atoms with Gasteiger partial charge in [-0.15, -0.1) is 11.3 Å². The van der Waals surface area contributed by atoms with E-state index in [9.17, 15) is 0 Å². The predicted molar refractivity (Wildman–Crippen MR) is 107 cm³/mol. The zero-order valence-corrected chi connectivity index (χ0v) is 15.8. The van der Waals surface area contributed by atoms with Crippen LogP contribution in [0.2, 0.25) is 10.2 Å². The predicted octanol–water partition coefficient (Wildman–Crippen LogP) is 6.43. The number of rotatable bonds is 4. The monoisotopic (exact) mass is 389 g/mol. The van der Waals surface area contributed by atoms with Crippen LogP contribution in [0.1, 0.15) is 35.6 Å². The molecular weight excluding hydrogens is 373 g/mol. The molecule has 0 aliphatic heterocycles. The number of aromatic nitrogens is 2. The summed E-state index contributed by atoms with van der Waals surface area (Å²) in [6, 6.07) is 5.87. The van der Waals surface area contributed by atoms with E-state index in [2.05, 4.69) is 27.4 Å². The second-order valence-electron chi connectivity index (χ2n) is 6.14. The summed E-state index contributed by atoms with van der Waals surface area (Å²) in [5, 5.41) is 4.69. The quantitative estimate of drug-likeness (QED) is 0.412. The molecule has 3 heterocycles. The third-order valence-corrected chi connectivity index (χ3v) is 6.51. The van der Waals surface area contributed by atoms with Gasteiger partial charge in [0.25, 0.3) is 0 Å². The Labute approximate surface area is 160 Å². The molecule has 0 bridgehead atoms. The molecule has 1 N–H and O–H groups in total. The maximum atomic E-state index is 6.68. The normalized spacial score (nSPS) is 17.1. The molecule has 0 amide bonds. The molecule has 6 heteroatoms. The highest BCUT2D eigenvalue weighted by atomic mass is 35.5. The third-order valence-electron chi connectivity index (χ3n) is 4.45. The molecule has 25 heavy (non-hydrogen) atoms. The van der Waals surface area contributed by atoms with E-state index in [1.807, 2.05) is 18.2 Å². The molecule has 0 saturated heterocycles. The van der Waals surface area contributed by atoms with Crippen LogP contribution in [0.3, 0.4) is 0 Å². The van der Waals surface area contributed by atoms with Gasteiger partial charge in [-0.05, 0) is 42.9 Å². The summed E-state index contributed by atoms with van der Waals surface area (Å²) in [7, 11) is 0. The molecule has 1 aliphatic rings. The van der Waals surface area contributed by atoms with Crippen LogP contribution in [0.5, 0.6) is 0 Å². The van der Waals surface area contributed by atoms with E-state index in [-0.39, 0.29) is 0 Å². The maximum absolute atomic E-state index is 6.68. The molecule has 1 atom stereocenters. The Kier molecular flexibility index (Phi) is 4.93. The summed E-state index contributed by atoms with van der Waals surface area (Å²) >= 11 is 14.7. The SMILES string of the molecule is Clc1cc(NCc2ccncc2)c2sc(C3CC=CCC3)c(Cl)c2n1. The number of pyridine rings is 2. The van der Waals surface area contributed by atoms with Gasteiger partial charge in [0.2, 0.25) is 0 Å². The van der Waals surface area contributed by atoms with Crippen molar-refractivity contribution in [3.63, 3.8) is 0 Å². The Morgan fingerprint density at radius 2 is 2.04 bits per heavy atom. The fourth-order valence-electron chi connectivity index (χ4n) is 3.15. The average molecular weight is 390 g/mol. The van der Waals surface area contributed by atoms with Gasteiger partial charge in [0, 0.05) is 29.9 Å². The van der Waals surface area contributed by atoms with E-state index < -0.39 is 0 Å². The van der Waals surface area contributed by atoms with Crippen LogP contribution in [0.4, 0.5) is 5.69 Å². The first-order valence-corrected chi connectivity index (χ1v) is 9.86. The van der Waals surface area contributed by atoms with Crippen molar-refractivity contribution < 1.29 is 0 Å². The fourth-order valence-corrected chi connectivity index (χ4v) is 5.08. The summed E-state index contributed by atoms with van der Waals surface area (Å²) in [6.45, 7) is 0.703. The minimum absolute atomic E-state index is 0.458. The van der Waals surface area contributed by atoms with Crippen molar-refractivity contribution in [3.8, 4) is 0 Å². The van der Waals surface area contributed by atoms with Gasteiger partial charge in [-0.25, -0.2) is 4.98 Å². The molecule has 0 aromatic carbocycles. The van der Waals surface area contributed by atoms with Crippen LogP contribution >= 0.6 is 34.5 Å². The fraction of sp³-hybridized carbons (Fsp3) is 0.263.